The maximum atomic E-state index is 12.1. The van der Waals surface area contributed by atoms with Gasteiger partial charge in [0.05, 0.1) is 7.11 Å². The maximum Gasteiger partial charge on any atom is 0.176 e. The van der Waals surface area contributed by atoms with Gasteiger partial charge < -0.3 is 0 Å². The fourth-order valence-electron chi connectivity index (χ4n) is 1.75. The van der Waals surface area contributed by atoms with Crippen LogP contribution in [-0.4, -0.2) is 24.1 Å². The van der Waals surface area contributed by atoms with Crippen LogP contribution in [0.25, 0.3) is 0 Å². The van der Waals surface area contributed by atoms with Crippen molar-refractivity contribution in [3.05, 3.63) is 35.9 Å². The molecule has 1 aromatic rings. The van der Waals surface area contributed by atoms with E-state index < -0.39 is 0 Å². The summed E-state index contributed by atoms with van der Waals surface area (Å²) in [6, 6.07) is 8.95. The molecule has 1 aliphatic rings. The van der Waals surface area contributed by atoms with E-state index in [1.54, 1.807) is 6.92 Å². The van der Waals surface area contributed by atoms with Gasteiger partial charge in [-0.1, -0.05) is 30.3 Å². The molecule has 1 aromatic carbocycles. The normalized spacial score (nSPS) is 27.0. The van der Waals surface area contributed by atoms with E-state index in [-0.39, 0.29) is 17.9 Å². The van der Waals surface area contributed by atoms with Crippen LogP contribution in [0.5, 0.6) is 0 Å². The van der Waals surface area contributed by atoms with Crippen LogP contribution in [0.4, 0.5) is 0 Å². The highest BCUT2D eigenvalue weighted by Crippen LogP contribution is 2.19. The Morgan fingerprint density at radius 2 is 2.00 bits per heavy atom. The molecule has 0 spiro atoms. The number of hydrogen-bond acceptors (Lipinski definition) is 5. The van der Waals surface area contributed by atoms with Crippen molar-refractivity contribution in [2.75, 3.05) is 7.11 Å². The van der Waals surface area contributed by atoms with Gasteiger partial charge in [0.15, 0.2) is 5.78 Å². The molecule has 2 N–H and O–H groups in total. The average Bonchev–Trinajstić information content (AvgIpc) is 2.34. The van der Waals surface area contributed by atoms with Gasteiger partial charge in [0, 0.05) is 0 Å². The Morgan fingerprint density at radius 1 is 1.31 bits per heavy atom. The third kappa shape index (κ3) is 1.98. The lowest BCUT2D eigenvalue weighted by atomic mass is 9.99. The lowest BCUT2D eigenvalue weighted by Gasteiger charge is -2.35. The van der Waals surface area contributed by atoms with Gasteiger partial charge in [0.2, 0.25) is 0 Å². The molecular formula is C11H15N3O2. The van der Waals surface area contributed by atoms with Crippen LogP contribution < -0.4 is 11.0 Å². The average molecular weight is 221 g/mol. The van der Waals surface area contributed by atoms with Crippen LogP contribution in [0.3, 0.4) is 0 Å². The first-order valence-corrected chi connectivity index (χ1v) is 5.17. The number of hydrogen-bond donors (Lipinski definition) is 2. The first kappa shape index (κ1) is 11.2. The summed E-state index contributed by atoms with van der Waals surface area (Å²) < 4.78 is 0. The second-order valence-corrected chi connectivity index (χ2v) is 3.69. The Hall–Kier alpha value is -1.27. The molecule has 0 saturated carbocycles. The standard InChI is InChI=1S/C11H15N3O2/c1-8-11(15)10(12-13-14(8)16-2)9-6-4-3-5-7-9/h3-8,10,12-13H,1-2H3. The van der Waals surface area contributed by atoms with E-state index in [1.807, 2.05) is 30.3 Å². The molecule has 0 aromatic heterocycles. The molecule has 5 nitrogen and oxygen atoms in total. The second-order valence-electron chi connectivity index (χ2n) is 3.69. The van der Waals surface area contributed by atoms with Gasteiger partial charge in [-0.15, -0.1) is 5.17 Å². The Bertz CT molecular complexity index is 369. The number of nitrogens with one attached hydrogen (secondary N) is 2. The molecule has 5 heteroatoms. The predicted octanol–water partition coefficient (Wildman–Crippen LogP) is 0.571. The summed E-state index contributed by atoms with van der Waals surface area (Å²) in [6.07, 6.45) is 0. The van der Waals surface area contributed by atoms with Crippen molar-refractivity contribution in [1.29, 1.82) is 0 Å². The fraction of sp³-hybridized carbons (Fsp3) is 0.364. The Kier molecular flexibility index (Phi) is 3.31. The summed E-state index contributed by atoms with van der Waals surface area (Å²) in [6.45, 7) is 1.80. The zero-order valence-electron chi connectivity index (χ0n) is 9.31. The van der Waals surface area contributed by atoms with E-state index >= 15 is 0 Å². The zero-order valence-corrected chi connectivity index (χ0v) is 9.31. The highest BCUT2D eigenvalue weighted by atomic mass is 16.7. The first-order chi connectivity index (χ1) is 7.74. The smallest absolute Gasteiger partial charge is 0.176 e. The molecular weight excluding hydrogens is 206 g/mol. The van der Waals surface area contributed by atoms with Crippen molar-refractivity contribution in [2.24, 2.45) is 0 Å². The Morgan fingerprint density at radius 3 is 2.62 bits per heavy atom. The number of Topliss-reactive ketones (excluding diaryl/α,β-unsaturated/α-hetero) is 1. The number of carbonyl (C=O) groups excluding carboxylic acids is 1. The van der Waals surface area contributed by atoms with E-state index in [1.165, 1.54) is 12.3 Å². The van der Waals surface area contributed by atoms with E-state index in [4.69, 9.17) is 4.84 Å². The third-order valence-electron chi connectivity index (χ3n) is 2.70. The summed E-state index contributed by atoms with van der Waals surface area (Å²) >= 11 is 0. The van der Waals surface area contributed by atoms with Crippen LogP contribution in [0, 0.1) is 0 Å². The van der Waals surface area contributed by atoms with Crippen molar-refractivity contribution in [2.45, 2.75) is 19.0 Å². The van der Waals surface area contributed by atoms with Crippen molar-refractivity contribution in [3.8, 4) is 0 Å². The van der Waals surface area contributed by atoms with E-state index in [0.717, 1.165) is 5.56 Å². The molecule has 86 valence electrons. The maximum absolute atomic E-state index is 12.1. The van der Waals surface area contributed by atoms with Crippen molar-refractivity contribution in [3.63, 3.8) is 0 Å². The highest BCUT2D eigenvalue weighted by Gasteiger charge is 2.34. The molecule has 0 bridgehead atoms. The number of hydrazine groups is 2. The van der Waals surface area contributed by atoms with Crippen LogP contribution in [0.1, 0.15) is 18.5 Å². The monoisotopic (exact) mass is 221 g/mol. The van der Waals surface area contributed by atoms with Crippen LogP contribution >= 0.6 is 0 Å². The zero-order chi connectivity index (χ0) is 11.5. The molecule has 2 rings (SSSR count). The van der Waals surface area contributed by atoms with Crippen LogP contribution in [0.2, 0.25) is 0 Å². The molecule has 16 heavy (non-hydrogen) atoms. The quantitative estimate of drug-likeness (QED) is 0.764. The number of hydroxylamine groups is 1. The fourth-order valence-corrected chi connectivity index (χ4v) is 1.75. The van der Waals surface area contributed by atoms with Crippen molar-refractivity contribution in [1.82, 2.24) is 16.1 Å². The van der Waals surface area contributed by atoms with Gasteiger partial charge in [-0.25, -0.2) is 5.43 Å². The summed E-state index contributed by atoms with van der Waals surface area (Å²) in [5.41, 5.74) is 6.70. The number of nitrogens with zero attached hydrogens (tertiary/aromatic N) is 1. The lowest BCUT2D eigenvalue weighted by molar-refractivity contribution is -0.221. The first-order valence-electron chi connectivity index (χ1n) is 5.17. The highest BCUT2D eigenvalue weighted by molar-refractivity contribution is 5.90. The van der Waals surface area contributed by atoms with Gasteiger partial charge in [0.25, 0.3) is 0 Å². The number of rotatable bonds is 2. The molecule has 1 saturated heterocycles. The lowest BCUT2D eigenvalue weighted by Crippen LogP contribution is -2.62. The SMILES string of the molecule is CON1NNC(c2ccccc2)C(=O)C1C. The Labute approximate surface area is 94.3 Å². The molecule has 2 atom stereocenters. The minimum absolute atomic E-state index is 0.0757. The summed E-state index contributed by atoms with van der Waals surface area (Å²) in [5.74, 6) is 0.0757. The molecule has 2 unspecified atom stereocenters. The van der Waals surface area contributed by atoms with E-state index in [0.29, 0.717) is 0 Å². The van der Waals surface area contributed by atoms with Gasteiger partial charge in [-0.05, 0) is 12.5 Å². The summed E-state index contributed by atoms with van der Waals surface area (Å²) in [4.78, 5) is 17.1. The minimum Gasteiger partial charge on any atom is -0.296 e. The number of benzene rings is 1. The summed E-state index contributed by atoms with van der Waals surface area (Å²) in [7, 11) is 1.52. The second kappa shape index (κ2) is 4.71. The third-order valence-corrected chi connectivity index (χ3v) is 2.70. The van der Waals surface area contributed by atoms with Crippen LogP contribution in [-0.2, 0) is 9.63 Å². The molecule has 0 aliphatic carbocycles. The van der Waals surface area contributed by atoms with Crippen molar-refractivity contribution < 1.29 is 9.63 Å². The van der Waals surface area contributed by atoms with Gasteiger partial charge >= 0.3 is 0 Å². The molecule has 1 aliphatic heterocycles. The van der Waals surface area contributed by atoms with E-state index in [2.05, 4.69) is 11.0 Å². The van der Waals surface area contributed by atoms with Gasteiger partial charge in [-0.3, -0.25) is 9.63 Å². The predicted molar refractivity (Wildman–Crippen MR) is 58.8 cm³/mol. The molecule has 1 heterocycles. The Balaban J connectivity index is 2.17. The largest absolute Gasteiger partial charge is 0.296 e. The molecule has 0 radical (unpaired) electrons. The minimum atomic E-state index is -0.331. The number of ketones is 1. The van der Waals surface area contributed by atoms with Gasteiger partial charge in [-0.2, -0.15) is 5.53 Å². The molecule has 1 fully saturated rings. The topological polar surface area (TPSA) is 53.6 Å². The molecule has 0 amide bonds. The van der Waals surface area contributed by atoms with Crippen molar-refractivity contribution >= 4 is 5.78 Å². The van der Waals surface area contributed by atoms with Crippen LogP contribution in [0.15, 0.2) is 30.3 Å². The number of carbonyl (C=O) groups is 1. The van der Waals surface area contributed by atoms with E-state index in [9.17, 15) is 4.79 Å². The van der Waals surface area contributed by atoms with Gasteiger partial charge in [0.1, 0.15) is 12.1 Å². The summed E-state index contributed by atoms with van der Waals surface area (Å²) in [5, 5.41) is 1.39.